The lowest BCUT2D eigenvalue weighted by atomic mass is 10.1. The molecule has 0 aliphatic carbocycles. The Bertz CT molecular complexity index is 1640. The van der Waals surface area contributed by atoms with E-state index in [9.17, 15) is 4.79 Å². The molecule has 7 rings (SSSR count). The molecule has 0 spiro atoms. The average molecular weight is 515 g/mol. The molecule has 0 saturated carbocycles. The molecule has 2 aliphatic heterocycles. The van der Waals surface area contributed by atoms with Gasteiger partial charge in [-0.05, 0) is 91.1 Å². The third-order valence-electron chi connectivity index (χ3n) is 7.77. The van der Waals surface area contributed by atoms with Gasteiger partial charge in [-0.1, -0.05) is 30.3 Å². The Balaban J connectivity index is 1.08. The highest BCUT2D eigenvalue weighted by Gasteiger charge is 2.29. The highest BCUT2D eigenvalue weighted by molar-refractivity contribution is 6.10. The van der Waals surface area contributed by atoms with Crippen LogP contribution in [0.5, 0.6) is 5.75 Å². The van der Waals surface area contributed by atoms with Gasteiger partial charge in [0.1, 0.15) is 18.2 Å². The molecule has 0 unspecified atom stereocenters. The fourth-order valence-electron chi connectivity index (χ4n) is 5.61. The monoisotopic (exact) mass is 514 g/mol. The van der Waals surface area contributed by atoms with Crippen LogP contribution < -0.4 is 14.5 Å². The highest BCUT2D eigenvalue weighted by Crippen LogP contribution is 2.33. The van der Waals surface area contributed by atoms with E-state index < -0.39 is 0 Å². The minimum Gasteiger partial charge on any atom is -0.489 e. The zero-order valence-electron chi connectivity index (χ0n) is 21.8. The number of piperidine rings is 1. The summed E-state index contributed by atoms with van der Waals surface area (Å²) in [7, 11) is 0. The van der Waals surface area contributed by atoms with Crippen LogP contribution in [-0.2, 0) is 13.2 Å². The van der Waals surface area contributed by atoms with Gasteiger partial charge in [0.2, 0.25) is 0 Å². The van der Waals surface area contributed by atoms with Gasteiger partial charge in [0.25, 0.3) is 5.91 Å². The van der Waals surface area contributed by atoms with E-state index in [4.69, 9.17) is 9.72 Å². The summed E-state index contributed by atoms with van der Waals surface area (Å²) in [6, 6.07) is 30.4. The zero-order chi connectivity index (χ0) is 26.2. The molecular weight excluding hydrogens is 484 g/mol. The number of hydrogen-bond donors (Lipinski definition) is 1. The predicted octanol–water partition coefficient (Wildman–Crippen LogP) is 6.96. The number of nitrogens with one attached hydrogen (secondary N) is 1. The molecule has 5 aromatic rings. The molecule has 6 nitrogen and oxygen atoms in total. The second-order valence-corrected chi connectivity index (χ2v) is 10.4. The molecule has 0 atom stereocenters. The highest BCUT2D eigenvalue weighted by atomic mass is 16.5. The first-order valence-corrected chi connectivity index (χ1v) is 13.7. The van der Waals surface area contributed by atoms with Crippen molar-refractivity contribution in [2.45, 2.75) is 32.4 Å². The van der Waals surface area contributed by atoms with Gasteiger partial charge >= 0.3 is 0 Å². The second kappa shape index (κ2) is 9.95. The third kappa shape index (κ3) is 4.63. The lowest BCUT2D eigenvalue weighted by Crippen LogP contribution is -2.29. The summed E-state index contributed by atoms with van der Waals surface area (Å²) in [5.41, 5.74) is 7.89. The van der Waals surface area contributed by atoms with Crippen molar-refractivity contribution in [1.82, 2.24) is 9.97 Å². The van der Waals surface area contributed by atoms with Crippen LogP contribution >= 0.6 is 0 Å². The number of aromatic amines is 1. The van der Waals surface area contributed by atoms with Crippen molar-refractivity contribution in [1.29, 1.82) is 0 Å². The molecule has 3 heterocycles. The number of ether oxygens (including phenoxy) is 1. The van der Waals surface area contributed by atoms with Crippen molar-refractivity contribution in [2.24, 2.45) is 0 Å². The molecule has 4 aromatic carbocycles. The Labute approximate surface area is 227 Å². The SMILES string of the molecule is O=C1c2ccc(N3CCCCC3)cc2CN1c1ccc2[nH]c(-c3ccc(OCc4ccccc4)cc3)nc2c1. The number of fused-ring (bicyclic) bond motifs is 2. The van der Waals surface area contributed by atoms with Crippen LogP contribution in [0, 0.1) is 0 Å². The summed E-state index contributed by atoms with van der Waals surface area (Å²) in [6.45, 7) is 3.31. The van der Waals surface area contributed by atoms with Gasteiger partial charge in [-0.15, -0.1) is 0 Å². The van der Waals surface area contributed by atoms with E-state index in [1.807, 2.05) is 71.6 Å². The number of nitrogens with zero attached hydrogens (tertiary/aromatic N) is 3. The molecule has 39 heavy (non-hydrogen) atoms. The van der Waals surface area contributed by atoms with Crippen molar-refractivity contribution in [3.63, 3.8) is 0 Å². The molecular formula is C33H30N4O2. The van der Waals surface area contributed by atoms with E-state index >= 15 is 0 Å². The Morgan fingerprint density at radius 1 is 0.821 bits per heavy atom. The van der Waals surface area contributed by atoms with Crippen molar-refractivity contribution < 1.29 is 9.53 Å². The summed E-state index contributed by atoms with van der Waals surface area (Å²) in [5, 5.41) is 0. The van der Waals surface area contributed by atoms with Gasteiger partial charge < -0.3 is 19.5 Å². The van der Waals surface area contributed by atoms with Crippen molar-refractivity contribution >= 4 is 28.3 Å². The molecule has 1 fully saturated rings. The fourth-order valence-corrected chi connectivity index (χ4v) is 5.61. The number of carbonyl (C=O) groups excluding carboxylic acids is 1. The summed E-state index contributed by atoms with van der Waals surface area (Å²) in [4.78, 5) is 25.9. The van der Waals surface area contributed by atoms with Crippen LogP contribution in [0.3, 0.4) is 0 Å². The lowest BCUT2D eigenvalue weighted by Gasteiger charge is -2.29. The minimum atomic E-state index is 0.0522. The Kier molecular flexibility index (Phi) is 6.00. The Hall–Kier alpha value is -4.58. The molecule has 1 aromatic heterocycles. The van der Waals surface area contributed by atoms with E-state index in [1.165, 1.54) is 24.9 Å². The van der Waals surface area contributed by atoms with Crippen LogP contribution in [0.25, 0.3) is 22.4 Å². The smallest absolute Gasteiger partial charge is 0.258 e. The summed E-state index contributed by atoms with van der Waals surface area (Å²) in [5.74, 6) is 1.66. The maximum atomic E-state index is 13.3. The Morgan fingerprint density at radius 3 is 2.44 bits per heavy atom. The molecule has 6 heteroatoms. The first-order chi connectivity index (χ1) is 19.2. The minimum absolute atomic E-state index is 0.0522. The van der Waals surface area contributed by atoms with Gasteiger partial charge in [-0.2, -0.15) is 0 Å². The maximum Gasteiger partial charge on any atom is 0.258 e. The van der Waals surface area contributed by atoms with Gasteiger partial charge in [-0.3, -0.25) is 4.79 Å². The average Bonchev–Trinajstić information content (AvgIpc) is 3.57. The molecule has 2 aliphatic rings. The molecule has 1 N–H and O–H groups in total. The van der Waals surface area contributed by atoms with Crippen molar-refractivity contribution in [3.8, 4) is 17.1 Å². The van der Waals surface area contributed by atoms with Crippen LogP contribution in [-0.4, -0.2) is 29.0 Å². The van der Waals surface area contributed by atoms with Crippen LogP contribution in [0.1, 0.15) is 40.7 Å². The molecule has 1 amide bonds. The largest absolute Gasteiger partial charge is 0.489 e. The van der Waals surface area contributed by atoms with E-state index in [-0.39, 0.29) is 5.91 Å². The molecule has 1 saturated heterocycles. The summed E-state index contributed by atoms with van der Waals surface area (Å²) < 4.78 is 5.92. The number of hydrogen-bond acceptors (Lipinski definition) is 4. The number of imidazole rings is 1. The van der Waals surface area contributed by atoms with Crippen LogP contribution in [0.4, 0.5) is 11.4 Å². The van der Waals surface area contributed by atoms with Crippen LogP contribution in [0.15, 0.2) is 91.0 Å². The van der Waals surface area contributed by atoms with E-state index in [0.29, 0.717) is 13.2 Å². The van der Waals surface area contributed by atoms with Gasteiger partial charge in [-0.25, -0.2) is 4.98 Å². The van der Waals surface area contributed by atoms with E-state index in [0.717, 1.165) is 63.6 Å². The molecule has 0 radical (unpaired) electrons. The van der Waals surface area contributed by atoms with Crippen molar-refractivity contribution in [3.05, 3.63) is 108 Å². The number of amides is 1. The van der Waals surface area contributed by atoms with Gasteiger partial charge in [0.15, 0.2) is 0 Å². The second-order valence-electron chi connectivity index (χ2n) is 10.4. The first kappa shape index (κ1) is 23.5. The summed E-state index contributed by atoms with van der Waals surface area (Å²) >= 11 is 0. The first-order valence-electron chi connectivity index (χ1n) is 13.7. The van der Waals surface area contributed by atoms with E-state index in [2.05, 4.69) is 34.1 Å². The topological polar surface area (TPSA) is 61.5 Å². The predicted molar refractivity (Wildman–Crippen MR) is 155 cm³/mol. The Morgan fingerprint density at radius 2 is 1.62 bits per heavy atom. The summed E-state index contributed by atoms with van der Waals surface area (Å²) in [6.07, 6.45) is 3.78. The van der Waals surface area contributed by atoms with Crippen molar-refractivity contribution in [2.75, 3.05) is 22.9 Å². The number of carbonyl (C=O) groups is 1. The zero-order valence-corrected chi connectivity index (χ0v) is 21.8. The number of aromatic nitrogens is 2. The number of H-pyrrole nitrogens is 1. The maximum absolute atomic E-state index is 13.3. The number of anilines is 2. The number of benzene rings is 4. The molecule has 194 valence electrons. The lowest BCUT2D eigenvalue weighted by molar-refractivity contribution is 0.0996. The number of rotatable bonds is 6. The quantitative estimate of drug-likeness (QED) is 0.266. The standard InChI is InChI=1S/C33H30N4O2/c38-33-29-15-11-26(36-17-5-2-6-18-36)19-25(29)21-37(33)27-12-16-30-31(20-27)35-32(34-30)24-9-13-28(14-10-24)39-22-23-7-3-1-4-8-23/h1,3-4,7-16,19-20H,2,5-6,17-18,21-22H2,(H,34,35). The fraction of sp³-hybridized carbons (Fsp3) is 0.212. The van der Waals surface area contributed by atoms with Gasteiger partial charge in [0.05, 0.1) is 17.6 Å². The molecule has 0 bridgehead atoms. The van der Waals surface area contributed by atoms with Crippen LogP contribution in [0.2, 0.25) is 0 Å². The van der Waals surface area contributed by atoms with E-state index in [1.54, 1.807) is 0 Å². The third-order valence-corrected chi connectivity index (χ3v) is 7.77. The van der Waals surface area contributed by atoms with Gasteiger partial charge in [0, 0.05) is 35.6 Å². The normalized spacial score (nSPS) is 15.1.